The lowest BCUT2D eigenvalue weighted by molar-refractivity contribution is 0.0946. The van der Waals surface area contributed by atoms with Crippen LogP contribution in [0.15, 0.2) is 18.3 Å². The molecule has 0 fully saturated rings. The lowest BCUT2D eigenvalue weighted by Gasteiger charge is -2.08. The summed E-state index contributed by atoms with van der Waals surface area (Å²) in [6.07, 6.45) is 7.16. The summed E-state index contributed by atoms with van der Waals surface area (Å²) in [4.78, 5) is 17.2. The Morgan fingerprint density at radius 2 is 2.09 bits per heavy atom. The van der Waals surface area contributed by atoms with Crippen LogP contribution in [0.25, 0.3) is 5.65 Å². The fourth-order valence-electron chi connectivity index (χ4n) is 2.68. The van der Waals surface area contributed by atoms with Crippen molar-refractivity contribution >= 4 is 11.6 Å². The Morgan fingerprint density at radius 3 is 2.78 bits per heavy atom. The van der Waals surface area contributed by atoms with Gasteiger partial charge in [0.05, 0.1) is 12.3 Å². The van der Waals surface area contributed by atoms with Gasteiger partial charge in [-0.25, -0.2) is 4.98 Å². The van der Waals surface area contributed by atoms with Gasteiger partial charge >= 0.3 is 0 Å². The molecule has 0 aliphatic carbocycles. The van der Waals surface area contributed by atoms with Crippen molar-refractivity contribution in [3.63, 3.8) is 0 Å². The second-order valence-corrected chi connectivity index (χ2v) is 5.58. The minimum Gasteiger partial charge on any atom is -0.490 e. The van der Waals surface area contributed by atoms with Gasteiger partial charge in [0.2, 0.25) is 0 Å². The third-order valence-electron chi connectivity index (χ3n) is 3.85. The summed E-state index contributed by atoms with van der Waals surface area (Å²) < 4.78 is 7.46. The number of hydrogen-bond acceptors (Lipinski definition) is 3. The van der Waals surface area contributed by atoms with Crippen LogP contribution in [-0.4, -0.2) is 28.4 Å². The van der Waals surface area contributed by atoms with Crippen LogP contribution in [0.5, 0.6) is 5.75 Å². The van der Waals surface area contributed by atoms with Gasteiger partial charge in [-0.2, -0.15) is 0 Å². The molecule has 126 valence electrons. The molecule has 0 bridgehead atoms. The van der Waals surface area contributed by atoms with Crippen LogP contribution in [0.2, 0.25) is 0 Å². The van der Waals surface area contributed by atoms with E-state index in [0.29, 0.717) is 36.7 Å². The SMILES string of the molecule is CCCCCCNC(=O)c1c(CC)nc2c(OCC)cccn12. The molecule has 2 aromatic heterocycles. The first-order chi connectivity index (χ1) is 11.2. The molecule has 0 aromatic carbocycles. The molecule has 2 aromatic rings. The number of aryl methyl sites for hydroxylation is 1. The van der Waals surface area contributed by atoms with Gasteiger partial charge < -0.3 is 10.1 Å². The van der Waals surface area contributed by atoms with E-state index in [1.165, 1.54) is 12.8 Å². The van der Waals surface area contributed by atoms with Crippen LogP contribution in [-0.2, 0) is 6.42 Å². The summed E-state index contributed by atoms with van der Waals surface area (Å²) in [6.45, 7) is 7.42. The van der Waals surface area contributed by atoms with E-state index in [0.717, 1.165) is 18.5 Å². The molecular weight excluding hydrogens is 290 g/mol. The van der Waals surface area contributed by atoms with Gasteiger partial charge in [0, 0.05) is 12.7 Å². The van der Waals surface area contributed by atoms with Gasteiger partial charge in [-0.1, -0.05) is 33.1 Å². The van der Waals surface area contributed by atoms with Gasteiger partial charge in [-0.05, 0) is 31.9 Å². The summed E-state index contributed by atoms with van der Waals surface area (Å²) in [5.41, 5.74) is 2.14. The molecule has 0 radical (unpaired) electrons. The molecule has 5 heteroatoms. The molecule has 0 saturated carbocycles. The highest BCUT2D eigenvalue weighted by Crippen LogP contribution is 2.22. The fraction of sp³-hybridized carbons (Fsp3) is 0.556. The quantitative estimate of drug-likeness (QED) is 0.719. The number of aromatic nitrogens is 2. The number of nitrogens with zero attached hydrogens (tertiary/aromatic N) is 2. The van der Waals surface area contributed by atoms with Crippen molar-refractivity contribution in [1.82, 2.24) is 14.7 Å². The minimum atomic E-state index is -0.0560. The first-order valence-corrected chi connectivity index (χ1v) is 8.63. The number of fused-ring (bicyclic) bond motifs is 1. The van der Waals surface area contributed by atoms with Crippen molar-refractivity contribution in [3.8, 4) is 5.75 Å². The first-order valence-electron chi connectivity index (χ1n) is 8.63. The number of hydrogen-bond donors (Lipinski definition) is 1. The normalized spacial score (nSPS) is 10.9. The Bertz CT molecular complexity index is 649. The number of carbonyl (C=O) groups is 1. The molecule has 23 heavy (non-hydrogen) atoms. The first kappa shape index (κ1) is 17.3. The number of pyridine rings is 1. The smallest absolute Gasteiger partial charge is 0.270 e. The van der Waals surface area contributed by atoms with Crippen LogP contribution in [0, 0.1) is 0 Å². The van der Waals surface area contributed by atoms with E-state index in [4.69, 9.17) is 4.74 Å². The van der Waals surface area contributed by atoms with E-state index in [2.05, 4.69) is 17.2 Å². The van der Waals surface area contributed by atoms with Gasteiger partial charge in [0.25, 0.3) is 5.91 Å². The van der Waals surface area contributed by atoms with Crippen LogP contribution in [0.1, 0.15) is 62.6 Å². The number of rotatable bonds is 9. The summed E-state index contributed by atoms with van der Waals surface area (Å²) in [5.74, 6) is 0.659. The van der Waals surface area contributed by atoms with E-state index in [1.807, 2.05) is 36.6 Å². The number of unbranched alkanes of at least 4 members (excludes halogenated alkanes) is 3. The zero-order chi connectivity index (χ0) is 16.7. The molecule has 0 atom stereocenters. The fourth-order valence-corrected chi connectivity index (χ4v) is 2.68. The van der Waals surface area contributed by atoms with Crippen molar-refractivity contribution in [2.24, 2.45) is 0 Å². The Morgan fingerprint density at radius 1 is 1.26 bits per heavy atom. The average Bonchev–Trinajstić information content (AvgIpc) is 2.94. The summed E-state index contributed by atoms with van der Waals surface area (Å²) in [6, 6.07) is 3.77. The number of nitrogens with one attached hydrogen (secondary N) is 1. The Kier molecular flexibility index (Phi) is 6.44. The maximum Gasteiger partial charge on any atom is 0.270 e. The monoisotopic (exact) mass is 317 g/mol. The van der Waals surface area contributed by atoms with E-state index in [9.17, 15) is 4.79 Å². The number of ether oxygens (including phenoxy) is 1. The number of carbonyl (C=O) groups excluding carboxylic acids is 1. The van der Waals surface area contributed by atoms with Crippen LogP contribution >= 0.6 is 0 Å². The van der Waals surface area contributed by atoms with Crippen molar-refractivity contribution in [1.29, 1.82) is 0 Å². The Hall–Kier alpha value is -2.04. The van der Waals surface area contributed by atoms with Gasteiger partial charge in [0.15, 0.2) is 11.4 Å². The van der Waals surface area contributed by atoms with Gasteiger partial charge in [-0.15, -0.1) is 0 Å². The molecule has 0 unspecified atom stereocenters. The molecule has 2 heterocycles. The number of imidazole rings is 1. The minimum absolute atomic E-state index is 0.0560. The highest BCUT2D eigenvalue weighted by atomic mass is 16.5. The second-order valence-electron chi connectivity index (χ2n) is 5.58. The standard InChI is InChI=1S/C18H27N3O2/c1-4-7-8-9-12-19-18(22)16-14(5-2)20-17-15(23-6-3)11-10-13-21(16)17/h10-11,13H,4-9,12H2,1-3H3,(H,19,22). The van der Waals surface area contributed by atoms with Crippen molar-refractivity contribution in [2.75, 3.05) is 13.2 Å². The lowest BCUT2D eigenvalue weighted by Crippen LogP contribution is -2.26. The summed E-state index contributed by atoms with van der Waals surface area (Å²) in [7, 11) is 0. The van der Waals surface area contributed by atoms with Gasteiger partial charge in [0.1, 0.15) is 5.69 Å². The molecule has 1 N–H and O–H groups in total. The highest BCUT2D eigenvalue weighted by Gasteiger charge is 2.19. The predicted molar refractivity (Wildman–Crippen MR) is 92.2 cm³/mol. The van der Waals surface area contributed by atoms with E-state index < -0.39 is 0 Å². The van der Waals surface area contributed by atoms with Crippen molar-refractivity contribution < 1.29 is 9.53 Å². The lowest BCUT2D eigenvalue weighted by atomic mass is 10.2. The second kappa shape index (κ2) is 8.56. The molecule has 1 amide bonds. The molecule has 2 rings (SSSR count). The van der Waals surface area contributed by atoms with Crippen LogP contribution in [0.4, 0.5) is 0 Å². The average molecular weight is 317 g/mol. The summed E-state index contributed by atoms with van der Waals surface area (Å²) >= 11 is 0. The largest absolute Gasteiger partial charge is 0.490 e. The molecule has 0 aliphatic rings. The zero-order valence-electron chi connectivity index (χ0n) is 14.4. The van der Waals surface area contributed by atoms with E-state index >= 15 is 0 Å². The molecule has 0 spiro atoms. The van der Waals surface area contributed by atoms with Crippen LogP contribution < -0.4 is 10.1 Å². The Balaban J connectivity index is 2.21. The number of amides is 1. The van der Waals surface area contributed by atoms with E-state index in [-0.39, 0.29) is 5.91 Å². The molecule has 0 saturated heterocycles. The maximum atomic E-state index is 12.6. The van der Waals surface area contributed by atoms with Crippen LogP contribution in [0.3, 0.4) is 0 Å². The van der Waals surface area contributed by atoms with Crippen molar-refractivity contribution in [2.45, 2.75) is 52.9 Å². The maximum absolute atomic E-state index is 12.6. The summed E-state index contributed by atoms with van der Waals surface area (Å²) in [5, 5.41) is 3.02. The molecular formula is C18H27N3O2. The predicted octanol–water partition coefficient (Wildman–Crippen LogP) is 3.61. The zero-order valence-corrected chi connectivity index (χ0v) is 14.4. The highest BCUT2D eigenvalue weighted by molar-refractivity contribution is 5.95. The topological polar surface area (TPSA) is 55.6 Å². The van der Waals surface area contributed by atoms with E-state index in [1.54, 1.807) is 0 Å². The van der Waals surface area contributed by atoms with Crippen molar-refractivity contribution in [3.05, 3.63) is 29.7 Å². The van der Waals surface area contributed by atoms with Gasteiger partial charge in [-0.3, -0.25) is 9.20 Å². The third kappa shape index (κ3) is 4.03. The Labute approximate surface area is 138 Å². The molecule has 0 aliphatic heterocycles. The third-order valence-corrected chi connectivity index (χ3v) is 3.85. The molecule has 5 nitrogen and oxygen atoms in total.